The number of ether oxygens (including phenoxy) is 1. The number of halogens is 2. The van der Waals surface area contributed by atoms with Gasteiger partial charge in [0.15, 0.2) is 0 Å². The number of fused-ring (bicyclic) bond motifs is 1. The van der Waals surface area contributed by atoms with Gasteiger partial charge in [0.1, 0.15) is 5.75 Å². The second kappa shape index (κ2) is 9.26. The summed E-state index contributed by atoms with van der Waals surface area (Å²) in [5.74, 6) is -0.194. The summed E-state index contributed by atoms with van der Waals surface area (Å²) in [7, 11) is 1.65. The Bertz CT molecular complexity index is 1100. The summed E-state index contributed by atoms with van der Waals surface area (Å²) < 4.78 is 31.8. The third-order valence-corrected chi connectivity index (χ3v) is 6.21. The maximum absolute atomic E-state index is 13.1. The molecule has 0 spiro atoms. The molecule has 6 nitrogen and oxygen atoms in total. The van der Waals surface area contributed by atoms with Crippen LogP contribution < -0.4 is 4.74 Å². The zero-order valence-corrected chi connectivity index (χ0v) is 18.1. The molecule has 170 valence electrons. The summed E-state index contributed by atoms with van der Waals surface area (Å²) >= 11 is 0. The van der Waals surface area contributed by atoms with Crippen LogP contribution in [0.5, 0.6) is 5.75 Å². The van der Waals surface area contributed by atoms with Crippen LogP contribution in [0, 0.1) is 6.92 Å². The number of methoxy groups -OCH3 is 1. The summed E-state index contributed by atoms with van der Waals surface area (Å²) in [6.07, 6.45) is -0.489. The normalized spacial score (nSPS) is 17.8. The Kier molecular flexibility index (Phi) is 6.43. The molecule has 1 aliphatic rings. The summed E-state index contributed by atoms with van der Waals surface area (Å²) in [5.41, 5.74) is 4.30. The summed E-state index contributed by atoms with van der Waals surface area (Å²) in [6, 6.07) is 10.6. The first-order chi connectivity index (χ1) is 15.4. The van der Waals surface area contributed by atoms with Gasteiger partial charge >= 0.3 is 5.97 Å². The predicted octanol–water partition coefficient (Wildman–Crippen LogP) is 4.31. The molecule has 0 bridgehead atoms. The monoisotopic (exact) mass is 443 g/mol. The molecule has 0 aliphatic carbocycles. The van der Waals surface area contributed by atoms with Crippen LogP contribution >= 0.6 is 0 Å². The first-order valence-electron chi connectivity index (χ1n) is 10.6. The average molecular weight is 443 g/mol. The van der Waals surface area contributed by atoms with E-state index in [2.05, 4.69) is 9.88 Å². The number of H-pyrrole nitrogens is 1. The Labute approximate surface area is 185 Å². The molecular formula is C24H27F2N3O3. The Hall–Kier alpha value is -2.97. The van der Waals surface area contributed by atoms with E-state index in [1.54, 1.807) is 36.3 Å². The molecule has 3 aromatic rings. The smallest absolute Gasteiger partial charge is 0.335 e. The van der Waals surface area contributed by atoms with Crippen molar-refractivity contribution >= 4 is 16.9 Å². The zero-order chi connectivity index (χ0) is 22.8. The molecule has 2 heterocycles. The van der Waals surface area contributed by atoms with E-state index in [1.807, 2.05) is 25.3 Å². The molecule has 1 saturated heterocycles. The van der Waals surface area contributed by atoms with Gasteiger partial charge in [-0.1, -0.05) is 12.1 Å². The second-order valence-corrected chi connectivity index (χ2v) is 8.20. The summed E-state index contributed by atoms with van der Waals surface area (Å²) in [6.45, 7) is 3.95. The number of carbonyl (C=O) groups is 1. The molecule has 0 amide bonds. The van der Waals surface area contributed by atoms with E-state index in [4.69, 9.17) is 4.74 Å². The SMILES string of the molecule is COc1cc(C)c2[nH]ccc2c1CN1CCN(CC(F)F)CC1c1ccc(C(=O)O)cc1. The number of piperazine rings is 1. The third-order valence-electron chi connectivity index (χ3n) is 6.21. The zero-order valence-electron chi connectivity index (χ0n) is 18.1. The van der Waals surface area contributed by atoms with Crippen molar-refractivity contribution in [3.8, 4) is 5.75 Å². The molecule has 4 rings (SSSR count). The minimum atomic E-state index is -2.40. The fraction of sp³-hybridized carbons (Fsp3) is 0.375. The number of carboxylic acids is 1. The van der Waals surface area contributed by atoms with E-state index in [0.29, 0.717) is 26.2 Å². The number of benzene rings is 2. The molecule has 1 fully saturated rings. The van der Waals surface area contributed by atoms with Crippen molar-refractivity contribution in [2.45, 2.75) is 25.9 Å². The highest BCUT2D eigenvalue weighted by Crippen LogP contribution is 2.35. The van der Waals surface area contributed by atoms with Crippen molar-refractivity contribution in [1.82, 2.24) is 14.8 Å². The minimum absolute atomic E-state index is 0.148. The maximum Gasteiger partial charge on any atom is 0.335 e. The Morgan fingerprint density at radius 1 is 1.25 bits per heavy atom. The highest BCUT2D eigenvalue weighted by molar-refractivity contribution is 5.88. The van der Waals surface area contributed by atoms with E-state index >= 15 is 0 Å². The van der Waals surface area contributed by atoms with Crippen LogP contribution in [0.1, 0.15) is 33.1 Å². The van der Waals surface area contributed by atoms with Crippen molar-refractivity contribution in [2.24, 2.45) is 0 Å². The molecule has 1 unspecified atom stereocenters. The number of aromatic amines is 1. The summed E-state index contributed by atoms with van der Waals surface area (Å²) in [4.78, 5) is 18.6. The number of alkyl halides is 2. The quantitative estimate of drug-likeness (QED) is 0.570. The van der Waals surface area contributed by atoms with Gasteiger partial charge < -0.3 is 14.8 Å². The van der Waals surface area contributed by atoms with E-state index < -0.39 is 12.4 Å². The number of aryl methyl sites for hydroxylation is 1. The fourth-order valence-electron chi connectivity index (χ4n) is 4.58. The van der Waals surface area contributed by atoms with Crippen LogP contribution in [0.2, 0.25) is 0 Å². The van der Waals surface area contributed by atoms with Crippen LogP contribution in [0.4, 0.5) is 8.78 Å². The molecule has 2 N–H and O–H groups in total. The van der Waals surface area contributed by atoms with E-state index in [0.717, 1.165) is 33.3 Å². The molecule has 0 radical (unpaired) electrons. The Balaban J connectivity index is 1.68. The number of aromatic nitrogens is 1. The largest absolute Gasteiger partial charge is 0.496 e. The molecule has 1 atom stereocenters. The van der Waals surface area contributed by atoms with Gasteiger partial charge in [0, 0.05) is 54.9 Å². The van der Waals surface area contributed by atoms with Gasteiger partial charge in [-0.15, -0.1) is 0 Å². The van der Waals surface area contributed by atoms with Gasteiger partial charge in [-0.25, -0.2) is 13.6 Å². The molecule has 2 aromatic carbocycles. The lowest BCUT2D eigenvalue weighted by Crippen LogP contribution is -2.49. The number of aromatic carboxylic acids is 1. The highest BCUT2D eigenvalue weighted by Gasteiger charge is 2.31. The fourth-order valence-corrected chi connectivity index (χ4v) is 4.58. The van der Waals surface area contributed by atoms with Gasteiger partial charge in [0.05, 0.1) is 19.2 Å². The van der Waals surface area contributed by atoms with Gasteiger partial charge in [-0.05, 0) is 42.3 Å². The van der Waals surface area contributed by atoms with Crippen LogP contribution in [0.3, 0.4) is 0 Å². The number of nitrogens with one attached hydrogen (secondary N) is 1. The van der Waals surface area contributed by atoms with E-state index in [-0.39, 0.29) is 18.2 Å². The molecule has 1 aliphatic heterocycles. The highest BCUT2D eigenvalue weighted by atomic mass is 19.3. The lowest BCUT2D eigenvalue weighted by Gasteiger charge is -2.42. The second-order valence-electron chi connectivity index (χ2n) is 8.20. The Morgan fingerprint density at radius 2 is 2.00 bits per heavy atom. The van der Waals surface area contributed by atoms with Crippen molar-refractivity contribution in [1.29, 1.82) is 0 Å². The van der Waals surface area contributed by atoms with Crippen LogP contribution in [0.25, 0.3) is 10.9 Å². The van der Waals surface area contributed by atoms with E-state index in [9.17, 15) is 18.7 Å². The molecule has 1 aromatic heterocycles. The molecular weight excluding hydrogens is 416 g/mol. The van der Waals surface area contributed by atoms with Crippen LogP contribution in [-0.4, -0.2) is 65.6 Å². The predicted molar refractivity (Wildman–Crippen MR) is 119 cm³/mol. The van der Waals surface area contributed by atoms with Crippen molar-refractivity contribution < 1.29 is 23.4 Å². The number of hydrogen-bond acceptors (Lipinski definition) is 4. The summed E-state index contributed by atoms with van der Waals surface area (Å²) in [5, 5.41) is 10.3. The standard InChI is InChI=1S/C24H27F2N3O3/c1-15-11-21(32-2)19(18-7-8-27-23(15)18)12-29-10-9-28(14-22(25)26)13-20(29)16-3-5-17(6-4-16)24(30)31/h3-8,11,20,22,27H,9-10,12-14H2,1-2H3,(H,30,31). The number of nitrogens with zero attached hydrogens (tertiary/aromatic N) is 2. The number of rotatable bonds is 7. The van der Waals surface area contributed by atoms with Gasteiger partial charge in [0.25, 0.3) is 6.43 Å². The first-order valence-corrected chi connectivity index (χ1v) is 10.6. The molecule has 8 heteroatoms. The Morgan fingerprint density at radius 3 is 2.66 bits per heavy atom. The van der Waals surface area contributed by atoms with Crippen LogP contribution in [-0.2, 0) is 6.54 Å². The minimum Gasteiger partial charge on any atom is -0.496 e. The molecule has 0 saturated carbocycles. The van der Waals surface area contributed by atoms with Crippen molar-refractivity contribution in [3.63, 3.8) is 0 Å². The maximum atomic E-state index is 13.1. The number of carboxylic acid groups (broad SMARTS) is 1. The van der Waals surface area contributed by atoms with Gasteiger partial charge in [0.2, 0.25) is 0 Å². The first kappa shape index (κ1) is 22.2. The number of hydrogen-bond donors (Lipinski definition) is 2. The van der Waals surface area contributed by atoms with Crippen molar-refractivity contribution in [3.05, 3.63) is 64.8 Å². The average Bonchev–Trinajstić information content (AvgIpc) is 3.27. The van der Waals surface area contributed by atoms with Crippen LogP contribution in [0.15, 0.2) is 42.6 Å². The lowest BCUT2D eigenvalue weighted by atomic mass is 9.98. The van der Waals surface area contributed by atoms with Gasteiger partial charge in [-0.3, -0.25) is 9.80 Å². The van der Waals surface area contributed by atoms with E-state index in [1.165, 1.54) is 0 Å². The van der Waals surface area contributed by atoms with Crippen molar-refractivity contribution in [2.75, 3.05) is 33.3 Å². The lowest BCUT2D eigenvalue weighted by molar-refractivity contribution is 0.0245. The molecule has 32 heavy (non-hydrogen) atoms. The topological polar surface area (TPSA) is 68.8 Å². The third kappa shape index (κ3) is 4.47. The van der Waals surface area contributed by atoms with Gasteiger partial charge in [-0.2, -0.15) is 0 Å².